The number of aliphatic hydroxyl groups is 1. The van der Waals surface area contributed by atoms with E-state index in [1.54, 1.807) is 6.07 Å². The maximum atomic E-state index is 12.6. The van der Waals surface area contributed by atoms with Gasteiger partial charge in [0.2, 0.25) is 5.91 Å². The third kappa shape index (κ3) is 5.18. The minimum Gasteiger partial charge on any atom is -0.393 e. The molecule has 162 valence electrons. The fourth-order valence-electron chi connectivity index (χ4n) is 4.00. The molecule has 7 nitrogen and oxygen atoms in total. The number of rotatable bonds is 6. The van der Waals surface area contributed by atoms with Crippen molar-refractivity contribution in [2.75, 3.05) is 13.1 Å². The first-order valence-corrected chi connectivity index (χ1v) is 10.7. The Bertz CT molecular complexity index is 1120. The topological polar surface area (TPSA) is 87.5 Å². The van der Waals surface area contributed by atoms with E-state index in [1.165, 1.54) is 10.2 Å². The Hall–Kier alpha value is -3.03. The minimum atomic E-state index is -0.258. The summed E-state index contributed by atoms with van der Waals surface area (Å²) in [4.78, 5) is 27.4. The molecule has 0 unspecified atom stereocenters. The number of nitrogens with zero attached hydrogens (tertiary/aromatic N) is 3. The number of amides is 1. The predicted octanol–water partition coefficient (Wildman–Crippen LogP) is 1.98. The second-order valence-electron chi connectivity index (χ2n) is 8.19. The molecule has 0 radical (unpaired) electrons. The van der Waals surface area contributed by atoms with Gasteiger partial charge >= 0.3 is 0 Å². The first kappa shape index (κ1) is 21.2. The molecule has 2 heterocycles. The lowest BCUT2D eigenvalue weighted by molar-refractivity contribution is -0.122. The van der Waals surface area contributed by atoms with Crippen LogP contribution in [-0.4, -0.2) is 44.9 Å². The number of nitrogens with one attached hydrogen (secondary N) is 1. The van der Waals surface area contributed by atoms with Crippen LogP contribution in [0.2, 0.25) is 0 Å². The molecule has 0 saturated carbocycles. The fourth-order valence-corrected chi connectivity index (χ4v) is 4.00. The smallest absolute Gasteiger partial charge is 0.275 e. The van der Waals surface area contributed by atoms with E-state index in [9.17, 15) is 14.7 Å². The van der Waals surface area contributed by atoms with Gasteiger partial charge in [0.15, 0.2) is 0 Å². The molecule has 1 aliphatic heterocycles. The zero-order chi connectivity index (χ0) is 21.8. The monoisotopic (exact) mass is 420 g/mol. The van der Waals surface area contributed by atoms with E-state index in [2.05, 4.69) is 27.4 Å². The predicted molar refractivity (Wildman–Crippen MR) is 120 cm³/mol. The number of carbonyl (C=O) groups is 1. The number of hydrogen-bond acceptors (Lipinski definition) is 5. The van der Waals surface area contributed by atoms with Gasteiger partial charge in [0.05, 0.1) is 17.2 Å². The molecule has 7 heteroatoms. The molecule has 1 amide bonds. The summed E-state index contributed by atoms with van der Waals surface area (Å²) in [6, 6.07) is 15.5. The summed E-state index contributed by atoms with van der Waals surface area (Å²) in [7, 11) is 0. The lowest BCUT2D eigenvalue weighted by atomic mass is 10.1. The molecule has 1 fully saturated rings. The summed E-state index contributed by atoms with van der Waals surface area (Å²) in [5.41, 5.74) is 2.68. The molecule has 0 aliphatic carbocycles. The van der Waals surface area contributed by atoms with Gasteiger partial charge in [-0.25, -0.2) is 4.68 Å². The Morgan fingerprint density at radius 3 is 2.42 bits per heavy atom. The molecule has 1 aliphatic rings. The zero-order valence-electron chi connectivity index (χ0n) is 17.8. The van der Waals surface area contributed by atoms with Crippen LogP contribution < -0.4 is 10.9 Å². The Morgan fingerprint density at radius 1 is 1.06 bits per heavy atom. The Morgan fingerprint density at radius 2 is 1.71 bits per heavy atom. The highest BCUT2D eigenvalue weighted by molar-refractivity contribution is 5.83. The van der Waals surface area contributed by atoms with Crippen LogP contribution in [0.1, 0.15) is 29.7 Å². The minimum absolute atomic E-state index is 0.108. The van der Waals surface area contributed by atoms with Crippen LogP contribution >= 0.6 is 0 Å². The number of aromatic nitrogens is 2. The molecule has 1 aromatic heterocycles. The van der Waals surface area contributed by atoms with Crippen molar-refractivity contribution < 1.29 is 9.90 Å². The molecule has 1 saturated heterocycles. The highest BCUT2D eigenvalue weighted by Crippen LogP contribution is 2.14. The standard InChI is InChI=1S/C24H28N4O3/c1-17-21-4-2-3-5-22(21)24(31)28(26-17)16-23(30)25-14-18-6-8-19(9-7-18)15-27-12-10-20(29)11-13-27/h2-9,20,29H,10-16H2,1H3,(H,25,30). The van der Waals surface area contributed by atoms with Crippen molar-refractivity contribution >= 4 is 16.7 Å². The fraction of sp³-hybridized carbons (Fsp3) is 0.375. The average Bonchev–Trinajstić information content (AvgIpc) is 2.78. The van der Waals surface area contributed by atoms with Crippen LogP contribution in [0, 0.1) is 6.92 Å². The van der Waals surface area contributed by atoms with Gasteiger partial charge in [0.25, 0.3) is 5.56 Å². The van der Waals surface area contributed by atoms with Crippen LogP contribution in [0.25, 0.3) is 10.8 Å². The van der Waals surface area contributed by atoms with Crippen molar-refractivity contribution in [3.8, 4) is 0 Å². The maximum absolute atomic E-state index is 12.6. The summed E-state index contributed by atoms with van der Waals surface area (Å²) in [6.07, 6.45) is 1.50. The lowest BCUT2D eigenvalue weighted by Gasteiger charge is -2.29. The zero-order valence-corrected chi connectivity index (χ0v) is 17.8. The maximum Gasteiger partial charge on any atom is 0.275 e. The number of aliphatic hydroxyl groups excluding tert-OH is 1. The SMILES string of the molecule is Cc1nn(CC(=O)NCc2ccc(CN3CCC(O)CC3)cc2)c(=O)c2ccccc12. The number of piperidine rings is 1. The average molecular weight is 421 g/mol. The van der Waals surface area contributed by atoms with E-state index in [4.69, 9.17) is 0 Å². The Kier molecular flexibility index (Phi) is 6.44. The van der Waals surface area contributed by atoms with Gasteiger partial charge in [0.1, 0.15) is 6.54 Å². The van der Waals surface area contributed by atoms with E-state index in [1.807, 2.05) is 37.3 Å². The van der Waals surface area contributed by atoms with Crippen molar-refractivity contribution in [2.24, 2.45) is 0 Å². The highest BCUT2D eigenvalue weighted by atomic mass is 16.3. The van der Waals surface area contributed by atoms with Gasteiger partial charge in [0, 0.05) is 31.6 Å². The highest BCUT2D eigenvalue weighted by Gasteiger charge is 2.17. The lowest BCUT2D eigenvalue weighted by Crippen LogP contribution is -2.35. The molecule has 0 atom stereocenters. The second kappa shape index (κ2) is 9.41. The third-order valence-corrected chi connectivity index (χ3v) is 5.82. The molecule has 2 aromatic carbocycles. The first-order chi connectivity index (χ1) is 15.0. The number of benzene rings is 2. The van der Waals surface area contributed by atoms with E-state index >= 15 is 0 Å². The number of fused-ring (bicyclic) bond motifs is 1. The first-order valence-electron chi connectivity index (χ1n) is 10.7. The summed E-state index contributed by atoms with van der Waals surface area (Å²) in [5.74, 6) is -0.250. The van der Waals surface area contributed by atoms with Crippen LogP contribution in [0.15, 0.2) is 53.3 Å². The van der Waals surface area contributed by atoms with Crippen LogP contribution in [0.4, 0.5) is 0 Å². The van der Waals surface area contributed by atoms with Gasteiger partial charge in [-0.05, 0) is 37.0 Å². The van der Waals surface area contributed by atoms with Crippen molar-refractivity contribution in [1.29, 1.82) is 0 Å². The van der Waals surface area contributed by atoms with Gasteiger partial charge < -0.3 is 10.4 Å². The molecule has 3 aromatic rings. The van der Waals surface area contributed by atoms with E-state index in [0.29, 0.717) is 11.9 Å². The third-order valence-electron chi connectivity index (χ3n) is 5.82. The van der Waals surface area contributed by atoms with Crippen LogP contribution in [0.5, 0.6) is 0 Å². The van der Waals surface area contributed by atoms with Gasteiger partial charge in [-0.2, -0.15) is 5.10 Å². The number of aryl methyl sites for hydroxylation is 1. The van der Waals surface area contributed by atoms with Crippen molar-refractivity contribution in [3.63, 3.8) is 0 Å². The van der Waals surface area contributed by atoms with Crippen LogP contribution in [-0.2, 0) is 24.4 Å². The Labute approximate surface area is 181 Å². The molecule has 31 heavy (non-hydrogen) atoms. The summed E-state index contributed by atoms with van der Waals surface area (Å²) in [6.45, 7) is 4.83. The van der Waals surface area contributed by atoms with Gasteiger partial charge in [-0.15, -0.1) is 0 Å². The summed E-state index contributed by atoms with van der Waals surface area (Å²) < 4.78 is 1.23. The van der Waals surface area contributed by atoms with E-state index in [-0.39, 0.29) is 24.1 Å². The Balaban J connectivity index is 1.32. The van der Waals surface area contributed by atoms with Gasteiger partial charge in [-0.1, -0.05) is 42.5 Å². The number of hydrogen-bond donors (Lipinski definition) is 2. The summed E-state index contributed by atoms with van der Waals surface area (Å²) in [5, 5.41) is 18.2. The normalized spacial score (nSPS) is 15.3. The van der Waals surface area contributed by atoms with Crippen molar-refractivity contribution in [2.45, 2.75) is 45.5 Å². The van der Waals surface area contributed by atoms with Crippen LogP contribution in [0.3, 0.4) is 0 Å². The quantitative estimate of drug-likeness (QED) is 0.637. The second-order valence-corrected chi connectivity index (χ2v) is 8.19. The van der Waals surface area contributed by atoms with Gasteiger partial charge in [-0.3, -0.25) is 14.5 Å². The molecular formula is C24H28N4O3. The van der Waals surface area contributed by atoms with Crippen molar-refractivity contribution in [1.82, 2.24) is 20.0 Å². The van der Waals surface area contributed by atoms with Crippen molar-refractivity contribution in [3.05, 3.63) is 75.7 Å². The molecule has 2 N–H and O–H groups in total. The number of carbonyl (C=O) groups excluding carboxylic acids is 1. The largest absolute Gasteiger partial charge is 0.393 e. The summed E-state index contributed by atoms with van der Waals surface area (Å²) >= 11 is 0. The van der Waals surface area contributed by atoms with E-state index < -0.39 is 0 Å². The molecule has 4 rings (SSSR count). The molecule has 0 bridgehead atoms. The van der Waals surface area contributed by atoms with E-state index in [0.717, 1.165) is 49.1 Å². The number of likely N-dealkylation sites (tertiary alicyclic amines) is 1. The molecular weight excluding hydrogens is 392 g/mol. The molecule has 0 spiro atoms.